The quantitative estimate of drug-likeness (QED) is 0.496. The summed E-state index contributed by atoms with van der Waals surface area (Å²) in [5, 5.41) is 2.76. The van der Waals surface area contributed by atoms with E-state index in [1.807, 2.05) is 6.08 Å². The molecule has 0 aromatic heterocycles. The van der Waals surface area contributed by atoms with Crippen molar-refractivity contribution in [2.75, 3.05) is 0 Å². The lowest BCUT2D eigenvalue weighted by atomic mass is 10.3. The monoisotopic (exact) mass is 250 g/mol. The minimum Gasteiger partial charge on any atom is -0.0924 e. The Morgan fingerprint density at radius 3 is 1.92 bits per heavy atom. The maximum atomic E-state index is 6.30. The molecule has 74 valence electrons. The highest BCUT2D eigenvalue weighted by Crippen LogP contribution is 2.45. The van der Waals surface area contributed by atoms with E-state index in [1.165, 1.54) is 16.0 Å². The summed E-state index contributed by atoms with van der Waals surface area (Å²) in [4.78, 5) is 0. The number of hydrogen-bond acceptors (Lipinski definition) is 0. The predicted molar refractivity (Wildman–Crippen MR) is 68.5 cm³/mol. The van der Waals surface area contributed by atoms with Gasteiger partial charge in [-0.3, -0.25) is 0 Å². The highest BCUT2D eigenvalue weighted by molar-refractivity contribution is 6.87. The van der Waals surface area contributed by atoms with Gasteiger partial charge in [-0.05, 0) is 18.2 Å². The third kappa shape index (κ3) is 2.12. The second kappa shape index (κ2) is 3.26. The second-order valence-corrected chi connectivity index (χ2v) is 12.1. The molecular formula is C9H16Cl2Si2. The molecular weight excluding hydrogens is 235 g/mol. The van der Waals surface area contributed by atoms with Crippen LogP contribution in [0.5, 0.6) is 0 Å². The van der Waals surface area contributed by atoms with Crippen LogP contribution in [0.1, 0.15) is 6.92 Å². The summed E-state index contributed by atoms with van der Waals surface area (Å²) >= 11 is 12.6. The van der Waals surface area contributed by atoms with Crippen molar-refractivity contribution in [3.63, 3.8) is 0 Å². The first-order valence-electron chi connectivity index (χ1n) is 4.46. The van der Waals surface area contributed by atoms with Crippen molar-refractivity contribution in [3.05, 3.63) is 22.0 Å². The van der Waals surface area contributed by atoms with Crippen LogP contribution in [0.4, 0.5) is 0 Å². The standard InChI is InChI=1S/C9H16Cl2Si2/c1-6-5-9(10,11)8(7(6)12)13(2,3)4/h5H,1-4,12H3. The fourth-order valence-corrected chi connectivity index (χ4v) is 9.77. The number of allylic oxidation sites excluding steroid dienone is 4. The van der Waals surface area contributed by atoms with Crippen LogP contribution in [0.2, 0.25) is 19.6 Å². The Balaban J connectivity index is 3.26. The summed E-state index contributed by atoms with van der Waals surface area (Å²) in [5.74, 6) is 0. The van der Waals surface area contributed by atoms with Gasteiger partial charge in [0.15, 0.2) is 4.33 Å². The SMILES string of the molecule is CC1=CC(Cl)(Cl)C([Si](C)(C)C)=C1[SiH3]. The fraction of sp³-hybridized carbons (Fsp3) is 0.556. The first kappa shape index (κ1) is 11.6. The second-order valence-electron chi connectivity index (χ2n) is 4.70. The lowest BCUT2D eigenvalue weighted by Gasteiger charge is -2.28. The van der Waals surface area contributed by atoms with Gasteiger partial charge in [-0.25, -0.2) is 0 Å². The summed E-state index contributed by atoms with van der Waals surface area (Å²) < 4.78 is -0.703. The van der Waals surface area contributed by atoms with Gasteiger partial charge >= 0.3 is 0 Å². The summed E-state index contributed by atoms with van der Waals surface area (Å²) in [6.07, 6.45) is 1.99. The van der Waals surface area contributed by atoms with E-state index in [-0.39, 0.29) is 0 Å². The van der Waals surface area contributed by atoms with Crippen LogP contribution >= 0.6 is 23.2 Å². The molecule has 0 unspecified atom stereocenters. The molecule has 0 N–H and O–H groups in total. The molecule has 0 spiro atoms. The van der Waals surface area contributed by atoms with E-state index in [4.69, 9.17) is 23.2 Å². The van der Waals surface area contributed by atoms with E-state index >= 15 is 0 Å². The van der Waals surface area contributed by atoms with Gasteiger partial charge in [-0.15, -0.1) is 0 Å². The number of rotatable bonds is 1. The van der Waals surface area contributed by atoms with Gasteiger partial charge in [-0.2, -0.15) is 0 Å². The first-order chi connectivity index (χ1) is 5.66. The zero-order valence-corrected chi connectivity index (χ0v) is 13.3. The average Bonchev–Trinajstić information content (AvgIpc) is 1.99. The third-order valence-electron chi connectivity index (χ3n) is 2.45. The highest BCUT2D eigenvalue weighted by Gasteiger charge is 2.40. The van der Waals surface area contributed by atoms with Crippen LogP contribution < -0.4 is 0 Å². The molecule has 0 saturated carbocycles. The minimum atomic E-state index is -1.37. The molecule has 0 aromatic rings. The number of alkyl halides is 2. The van der Waals surface area contributed by atoms with Crippen LogP contribution in [-0.4, -0.2) is 22.6 Å². The zero-order valence-electron chi connectivity index (χ0n) is 8.83. The maximum absolute atomic E-state index is 6.30. The minimum absolute atomic E-state index is 0.703. The molecule has 0 fully saturated rings. The fourth-order valence-electron chi connectivity index (χ4n) is 1.96. The molecule has 1 aliphatic carbocycles. The van der Waals surface area contributed by atoms with E-state index < -0.39 is 12.4 Å². The van der Waals surface area contributed by atoms with E-state index in [1.54, 1.807) is 0 Å². The van der Waals surface area contributed by atoms with Gasteiger partial charge < -0.3 is 0 Å². The smallest absolute Gasteiger partial charge is 0.0924 e. The number of hydrogen-bond donors (Lipinski definition) is 0. The molecule has 0 aromatic carbocycles. The summed E-state index contributed by atoms with van der Waals surface area (Å²) in [7, 11) is -0.317. The van der Waals surface area contributed by atoms with Crippen LogP contribution in [-0.2, 0) is 0 Å². The summed E-state index contributed by atoms with van der Waals surface area (Å²) in [5.41, 5.74) is 1.29. The number of halogens is 2. The van der Waals surface area contributed by atoms with Crippen molar-refractivity contribution < 1.29 is 0 Å². The molecule has 0 bridgehead atoms. The Hall–Kier alpha value is 0.494. The van der Waals surface area contributed by atoms with E-state index in [9.17, 15) is 0 Å². The van der Waals surface area contributed by atoms with Crippen LogP contribution in [0.25, 0.3) is 0 Å². The van der Waals surface area contributed by atoms with E-state index in [0.717, 1.165) is 10.2 Å². The van der Waals surface area contributed by atoms with Crippen LogP contribution in [0.3, 0.4) is 0 Å². The van der Waals surface area contributed by atoms with Gasteiger partial charge in [-0.1, -0.05) is 53.6 Å². The van der Waals surface area contributed by atoms with Crippen molar-refractivity contribution in [2.24, 2.45) is 0 Å². The summed E-state index contributed by atoms with van der Waals surface area (Å²) in [6, 6.07) is 0. The molecule has 0 radical (unpaired) electrons. The first-order valence-corrected chi connectivity index (χ1v) is 9.71. The third-order valence-corrected chi connectivity index (χ3v) is 7.42. The Labute approximate surface area is 94.4 Å². The van der Waals surface area contributed by atoms with Gasteiger partial charge in [0.05, 0.1) is 8.07 Å². The zero-order chi connectivity index (χ0) is 10.4. The van der Waals surface area contributed by atoms with Gasteiger partial charge in [0.25, 0.3) is 0 Å². The van der Waals surface area contributed by atoms with Crippen molar-refractivity contribution in [1.82, 2.24) is 0 Å². The molecule has 0 nitrogen and oxygen atoms in total. The molecule has 13 heavy (non-hydrogen) atoms. The molecule has 0 saturated heterocycles. The Morgan fingerprint density at radius 1 is 1.31 bits per heavy atom. The molecule has 0 aliphatic heterocycles. The van der Waals surface area contributed by atoms with Crippen molar-refractivity contribution in [1.29, 1.82) is 0 Å². The van der Waals surface area contributed by atoms with Gasteiger partial charge in [0.1, 0.15) is 0 Å². The topological polar surface area (TPSA) is 0 Å². The molecule has 0 amide bonds. The van der Waals surface area contributed by atoms with Gasteiger partial charge in [0, 0.05) is 10.2 Å². The highest BCUT2D eigenvalue weighted by atomic mass is 35.5. The Kier molecular flexibility index (Phi) is 2.90. The lowest BCUT2D eigenvalue weighted by Crippen LogP contribution is -2.33. The van der Waals surface area contributed by atoms with Gasteiger partial charge in [0.2, 0.25) is 0 Å². The lowest BCUT2D eigenvalue weighted by molar-refractivity contribution is 1.23. The van der Waals surface area contributed by atoms with Crippen molar-refractivity contribution in [2.45, 2.75) is 30.9 Å². The Bertz CT molecular complexity index is 295. The molecule has 0 heterocycles. The van der Waals surface area contributed by atoms with E-state index in [2.05, 4.69) is 26.6 Å². The Morgan fingerprint density at radius 2 is 1.77 bits per heavy atom. The molecule has 0 atom stereocenters. The van der Waals surface area contributed by atoms with Crippen molar-refractivity contribution >= 4 is 41.5 Å². The average molecular weight is 251 g/mol. The largest absolute Gasteiger partial charge is 0.154 e. The van der Waals surface area contributed by atoms with Crippen LogP contribution in [0, 0.1) is 0 Å². The van der Waals surface area contributed by atoms with Crippen LogP contribution in [0.15, 0.2) is 22.0 Å². The van der Waals surface area contributed by atoms with Crippen molar-refractivity contribution in [3.8, 4) is 0 Å². The predicted octanol–water partition coefficient (Wildman–Crippen LogP) is 2.62. The molecule has 1 aliphatic rings. The normalized spacial score (nSPS) is 22.5. The maximum Gasteiger partial charge on any atom is 0.154 e. The summed E-state index contributed by atoms with van der Waals surface area (Å²) in [6.45, 7) is 9.00. The van der Waals surface area contributed by atoms with E-state index in [0.29, 0.717) is 0 Å². The molecule has 4 heteroatoms. The molecule has 1 rings (SSSR count).